The average Bonchev–Trinajstić information content (AvgIpc) is 3.04. The highest BCUT2D eigenvalue weighted by molar-refractivity contribution is 5.96. The molecular formula is C25H29N3O. The van der Waals surface area contributed by atoms with Gasteiger partial charge in [-0.3, -0.25) is 4.79 Å². The molecule has 0 N–H and O–H groups in total. The van der Waals surface area contributed by atoms with Crippen LogP contribution < -0.4 is 0 Å². The molecular weight excluding hydrogens is 358 g/mol. The van der Waals surface area contributed by atoms with E-state index < -0.39 is 0 Å². The molecule has 0 atom stereocenters. The number of benzene rings is 1. The maximum absolute atomic E-state index is 13.3. The average molecular weight is 388 g/mol. The van der Waals surface area contributed by atoms with Crippen molar-refractivity contribution >= 4 is 17.5 Å². The molecule has 0 spiro atoms. The van der Waals surface area contributed by atoms with Gasteiger partial charge in [0.15, 0.2) is 0 Å². The molecule has 150 valence electrons. The molecule has 0 radical (unpaired) electrons. The van der Waals surface area contributed by atoms with Gasteiger partial charge in [0, 0.05) is 34.5 Å². The minimum atomic E-state index is -0.146. The zero-order valence-corrected chi connectivity index (χ0v) is 17.7. The van der Waals surface area contributed by atoms with Gasteiger partial charge in [0.25, 0.3) is 0 Å². The summed E-state index contributed by atoms with van der Waals surface area (Å²) in [6.07, 6.45) is 8.82. The first-order valence-corrected chi connectivity index (χ1v) is 10.3. The number of piperidine rings is 1. The van der Waals surface area contributed by atoms with E-state index in [-0.39, 0.29) is 17.0 Å². The first-order chi connectivity index (χ1) is 13.8. The fourth-order valence-electron chi connectivity index (χ4n) is 4.81. The number of pyridine rings is 1. The number of carbonyl (C=O) groups excluding carboxylic acids is 1. The molecule has 1 amide bonds. The number of likely N-dealkylation sites (tertiary alicyclic amines) is 1. The number of rotatable bonds is 3. The second kappa shape index (κ2) is 7.18. The molecule has 2 aromatic heterocycles. The van der Waals surface area contributed by atoms with Crippen molar-refractivity contribution in [2.45, 2.75) is 58.0 Å². The molecule has 3 heterocycles. The van der Waals surface area contributed by atoms with Crippen molar-refractivity contribution in [2.24, 2.45) is 0 Å². The predicted molar refractivity (Wildman–Crippen MR) is 119 cm³/mol. The summed E-state index contributed by atoms with van der Waals surface area (Å²) in [4.78, 5) is 15.4. The maximum Gasteiger partial charge on any atom is 0.247 e. The molecule has 0 aliphatic carbocycles. The second-order valence-corrected chi connectivity index (χ2v) is 9.14. The van der Waals surface area contributed by atoms with Crippen LogP contribution in [0, 0.1) is 0 Å². The van der Waals surface area contributed by atoms with Crippen LogP contribution in [0.15, 0.2) is 60.8 Å². The molecule has 0 saturated carbocycles. The molecule has 0 unspecified atom stereocenters. The van der Waals surface area contributed by atoms with E-state index in [9.17, 15) is 4.79 Å². The largest absolute Gasteiger partial charge is 0.329 e. The molecule has 4 rings (SSSR count). The van der Waals surface area contributed by atoms with E-state index in [0.29, 0.717) is 0 Å². The lowest BCUT2D eigenvalue weighted by Gasteiger charge is -2.52. The summed E-state index contributed by atoms with van der Waals surface area (Å²) >= 11 is 0. The molecule has 1 aliphatic heterocycles. The van der Waals surface area contributed by atoms with Gasteiger partial charge in [-0.15, -0.1) is 0 Å². The Kier molecular flexibility index (Phi) is 4.81. The van der Waals surface area contributed by atoms with Crippen LogP contribution in [0.4, 0.5) is 0 Å². The minimum Gasteiger partial charge on any atom is -0.329 e. The quantitative estimate of drug-likeness (QED) is 0.550. The summed E-state index contributed by atoms with van der Waals surface area (Å²) in [5.74, 6) is 0.0639. The van der Waals surface area contributed by atoms with E-state index in [1.807, 2.05) is 53.2 Å². The lowest BCUT2D eigenvalue weighted by Crippen LogP contribution is -2.60. The lowest BCUT2D eigenvalue weighted by atomic mass is 9.79. The third kappa shape index (κ3) is 3.59. The van der Waals surface area contributed by atoms with Gasteiger partial charge >= 0.3 is 0 Å². The Hall–Kier alpha value is -2.88. The van der Waals surface area contributed by atoms with Crippen LogP contribution >= 0.6 is 0 Å². The first kappa shape index (κ1) is 19.4. The van der Waals surface area contributed by atoms with E-state index in [1.165, 1.54) is 0 Å². The zero-order valence-electron chi connectivity index (χ0n) is 17.7. The Bertz CT molecular complexity index is 1040. The second-order valence-electron chi connectivity index (χ2n) is 9.14. The van der Waals surface area contributed by atoms with Crippen LogP contribution in [0.2, 0.25) is 0 Å². The monoisotopic (exact) mass is 387 g/mol. The smallest absolute Gasteiger partial charge is 0.247 e. The molecule has 1 saturated heterocycles. The highest BCUT2D eigenvalue weighted by Gasteiger charge is 2.43. The van der Waals surface area contributed by atoms with Crippen molar-refractivity contribution < 1.29 is 4.79 Å². The van der Waals surface area contributed by atoms with Crippen molar-refractivity contribution in [3.05, 3.63) is 66.4 Å². The van der Waals surface area contributed by atoms with Gasteiger partial charge in [-0.05, 0) is 65.2 Å². The van der Waals surface area contributed by atoms with Crippen molar-refractivity contribution in [3.63, 3.8) is 0 Å². The molecule has 3 aromatic rings. The SMILES string of the molecule is CC1(C)CCCC(C)(C)N1C(=O)/C=C/c1c(-c2ccccc2)nn2ccccc12. The van der Waals surface area contributed by atoms with Crippen LogP contribution in [-0.2, 0) is 4.79 Å². The molecule has 4 heteroatoms. The molecule has 4 nitrogen and oxygen atoms in total. The van der Waals surface area contributed by atoms with Crippen molar-refractivity contribution in [3.8, 4) is 11.3 Å². The number of nitrogens with zero attached hydrogens (tertiary/aromatic N) is 3. The Labute approximate surface area is 172 Å². The summed E-state index contributed by atoms with van der Waals surface area (Å²) in [6.45, 7) is 8.68. The highest BCUT2D eigenvalue weighted by Crippen LogP contribution is 2.38. The fourth-order valence-corrected chi connectivity index (χ4v) is 4.81. The Morgan fingerprint density at radius 2 is 1.62 bits per heavy atom. The molecule has 1 aromatic carbocycles. The summed E-state index contributed by atoms with van der Waals surface area (Å²) in [5.41, 5.74) is 3.60. The van der Waals surface area contributed by atoms with Gasteiger partial charge in [0.2, 0.25) is 5.91 Å². The first-order valence-electron chi connectivity index (χ1n) is 10.3. The highest BCUT2D eigenvalue weighted by atomic mass is 16.2. The van der Waals surface area contributed by atoms with Crippen molar-refractivity contribution in [1.29, 1.82) is 0 Å². The normalized spacial score (nSPS) is 18.4. The predicted octanol–water partition coefficient (Wildman–Crippen LogP) is 5.58. The Morgan fingerprint density at radius 1 is 0.966 bits per heavy atom. The van der Waals surface area contributed by atoms with Crippen LogP contribution in [0.1, 0.15) is 52.5 Å². The minimum absolute atomic E-state index is 0.0639. The fraction of sp³-hybridized carbons (Fsp3) is 0.360. The van der Waals surface area contributed by atoms with Crippen LogP contribution in [-0.4, -0.2) is 31.5 Å². The van der Waals surface area contributed by atoms with E-state index >= 15 is 0 Å². The topological polar surface area (TPSA) is 37.6 Å². The van der Waals surface area contributed by atoms with Gasteiger partial charge in [-0.2, -0.15) is 5.10 Å². The lowest BCUT2D eigenvalue weighted by molar-refractivity contribution is -0.143. The number of carbonyl (C=O) groups is 1. The summed E-state index contributed by atoms with van der Waals surface area (Å²) < 4.78 is 1.88. The summed E-state index contributed by atoms with van der Waals surface area (Å²) in [7, 11) is 0. The number of fused-ring (bicyclic) bond motifs is 1. The van der Waals surface area contributed by atoms with E-state index in [4.69, 9.17) is 5.10 Å². The van der Waals surface area contributed by atoms with E-state index in [2.05, 4.69) is 44.7 Å². The van der Waals surface area contributed by atoms with Crippen LogP contribution in [0.3, 0.4) is 0 Å². The molecule has 1 aliphatic rings. The van der Waals surface area contributed by atoms with Gasteiger partial charge in [0.1, 0.15) is 5.69 Å². The number of amides is 1. The van der Waals surface area contributed by atoms with Crippen LogP contribution in [0.5, 0.6) is 0 Å². The Morgan fingerprint density at radius 3 is 2.31 bits per heavy atom. The third-order valence-electron chi connectivity index (χ3n) is 6.03. The van der Waals surface area contributed by atoms with Crippen molar-refractivity contribution in [2.75, 3.05) is 0 Å². The number of aromatic nitrogens is 2. The molecule has 29 heavy (non-hydrogen) atoms. The zero-order chi connectivity index (χ0) is 20.6. The van der Waals surface area contributed by atoms with Gasteiger partial charge in [0.05, 0.1) is 5.52 Å². The van der Waals surface area contributed by atoms with Gasteiger partial charge < -0.3 is 4.90 Å². The maximum atomic E-state index is 13.3. The number of hydrogen-bond donors (Lipinski definition) is 0. The molecule has 1 fully saturated rings. The van der Waals surface area contributed by atoms with E-state index in [0.717, 1.165) is 41.6 Å². The summed E-state index contributed by atoms with van der Waals surface area (Å²) in [6, 6.07) is 16.1. The van der Waals surface area contributed by atoms with Crippen LogP contribution in [0.25, 0.3) is 22.9 Å². The molecule has 0 bridgehead atoms. The van der Waals surface area contributed by atoms with E-state index in [1.54, 1.807) is 6.08 Å². The summed E-state index contributed by atoms with van der Waals surface area (Å²) in [5, 5.41) is 4.77. The standard InChI is InChI=1S/C25H29N3O/c1-24(2)16-10-17-25(3,4)28(24)22(29)15-14-20-21-13-8-9-18-27(21)26-23(20)19-11-6-5-7-12-19/h5-9,11-15,18H,10,16-17H2,1-4H3/b15-14+. The van der Waals surface area contributed by atoms with Gasteiger partial charge in [-0.1, -0.05) is 36.4 Å². The number of hydrogen-bond acceptors (Lipinski definition) is 2. The third-order valence-corrected chi connectivity index (χ3v) is 6.03. The Balaban J connectivity index is 1.76. The van der Waals surface area contributed by atoms with Crippen molar-refractivity contribution in [1.82, 2.24) is 14.5 Å². The van der Waals surface area contributed by atoms with Gasteiger partial charge in [-0.25, -0.2) is 4.52 Å².